The fraction of sp³-hybridized carbons (Fsp3) is 0. The molecular weight excluding hydrogens is 466 g/mol. The van der Waals surface area contributed by atoms with Crippen LogP contribution in [0.1, 0.15) is 5.69 Å². The smallest absolute Gasteiger partial charge is 0.248 e. The Morgan fingerprint density at radius 2 is 1.87 bits per heavy atom. The molecule has 2 aromatic heterocycles. The van der Waals surface area contributed by atoms with Gasteiger partial charge in [-0.3, -0.25) is 4.79 Å². The number of fused-ring (bicyclic) bond motifs is 1. The lowest BCUT2D eigenvalue weighted by molar-refractivity contribution is -0.111. The molecule has 4 rings (SSSR count). The molecule has 0 saturated carbocycles. The zero-order chi connectivity index (χ0) is 20.9. The van der Waals surface area contributed by atoms with Crippen molar-refractivity contribution in [3.05, 3.63) is 88.4 Å². The molecule has 0 spiro atoms. The van der Waals surface area contributed by atoms with Crippen LogP contribution in [0.3, 0.4) is 0 Å². The third kappa shape index (κ3) is 5.00. The molecule has 148 valence electrons. The molecule has 2 aromatic carbocycles. The summed E-state index contributed by atoms with van der Waals surface area (Å²) in [4.78, 5) is 25.2. The molecule has 0 radical (unpaired) electrons. The number of anilines is 3. The van der Waals surface area contributed by atoms with Crippen molar-refractivity contribution in [1.29, 1.82) is 0 Å². The van der Waals surface area contributed by atoms with Gasteiger partial charge in [0.25, 0.3) is 0 Å². The third-order valence-electron chi connectivity index (χ3n) is 4.13. The van der Waals surface area contributed by atoms with E-state index in [0.717, 1.165) is 16.6 Å². The maximum atomic E-state index is 12.3. The van der Waals surface area contributed by atoms with Crippen LogP contribution in [0.5, 0.6) is 0 Å². The molecule has 0 aliphatic rings. The van der Waals surface area contributed by atoms with E-state index in [1.165, 1.54) is 12.4 Å². The number of benzene rings is 2. The fourth-order valence-electron chi connectivity index (χ4n) is 2.80. The molecule has 4 aromatic rings. The summed E-state index contributed by atoms with van der Waals surface area (Å²) < 4.78 is 0.708. The highest BCUT2D eigenvalue weighted by Crippen LogP contribution is 2.26. The van der Waals surface area contributed by atoms with Crippen molar-refractivity contribution in [3.8, 4) is 0 Å². The van der Waals surface area contributed by atoms with Gasteiger partial charge < -0.3 is 10.6 Å². The first-order valence-corrected chi connectivity index (χ1v) is 10.1. The monoisotopic (exact) mass is 479 g/mol. The summed E-state index contributed by atoms with van der Waals surface area (Å²) in [7, 11) is 0. The number of amides is 1. The molecular formula is C22H15BrClN5O. The van der Waals surface area contributed by atoms with Crippen molar-refractivity contribution in [2.24, 2.45) is 0 Å². The molecule has 0 bridgehead atoms. The summed E-state index contributed by atoms with van der Waals surface area (Å²) in [5, 5.41) is 7.49. The van der Waals surface area contributed by atoms with E-state index in [1.54, 1.807) is 18.2 Å². The van der Waals surface area contributed by atoms with Crippen LogP contribution in [0.25, 0.3) is 17.0 Å². The van der Waals surface area contributed by atoms with Crippen LogP contribution in [0.15, 0.2) is 77.7 Å². The predicted octanol–water partition coefficient (Wildman–Crippen LogP) is 5.84. The Kier molecular flexibility index (Phi) is 6.02. The van der Waals surface area contributed by atoms with Crippen molar-refractivity contribution in [2.75, 3.05) is 10.6 Å². The second-order valence-electron chi connectivity index (χ2n) is 6.30. The standard InChI is InChI=1S/C22H15BrClN5O/c23-20-6-2-4-15(27-20)8-10-21(30)28-17-7-9-19-18(12-17)22(26-13-25-19)29-16-5-1-3-14(24)11-16/h1-13H,(H,28,30)(H,25,26,29)/b10-8+. The number of carbonyl (C=O) groups excluding carboxylic acids is 1. The zero-order valence-corrected chi connectivity index (χ0v) is 17.9. The lowest BCUT2D eigenvalue weighted by Crippen LogP contribution is -2.08. The normalized spacial score (nSPS) is 11.0. The Morgan fingerprint density at radius 1 is 1.00 bits per heavy atom. The van der Waals surface area contributed by atoms with Gasteiger partial charge in [0.15, 0.2) is 0 Å². The van der Waals surface area contributed by atoms with Crippen LogP contribution in [-0.2, 0) is 4.79 Å². The lowest BCUT2D eigenvalue weighted by Gasteiger charge is -2.10. The number of hydrogen-bond donors (Lipinski definition) is 2. The minimum atomic E-state index is -0.266. The van der Waals surface area contributed by atoms with Gasteiger partial charge in [-0.15, -0.1) is 0 Å². The summed E-state index contributed by atoms with van der Waals surface area (Å²) in [5.41, 5.74) is 2.87. The summed E-state index contributed by atoms with van der Waals surface area (Å²) in [5.74, 6) is 0.351. The van der Waals surface area contributed by atoms with Crippen molar-refractivity contribution < 1.29 is 4.79 Å². The van der Waals surface area contributed by atoms with Crippen molar-refractivity contribution in [3.63, 3.8) is 0 Å². The molecule has 6 nitrogen and oxygen atoms in total. The minimum Gasteiger partial charge on any atom is -0.340 e. The highest BCUT2D eigenvalue weighted by Gasteiger charge is 2.07. The number of carbonyl (C=O) groups is 1. The van der Waals surface area contributed by atoms with E-state index in [-0.39, 0.29) is 5.91 Å². The number of halogens is 2. The van der Waals surface area contributed by atoms with Crippen LogP contribution in [0, 0.1) is 0 Å². The summed E-state index contributed by atoms with van der Waals surface area (Å²) >= 11 is 9.37. The molecule has 2 N–H and O–H groups in total. The SMILES string of the molecule is O=C(/C=C/c1cccc(Br)n1)Nc1ccc2ncnc(Nc3cccc(Cl)c3)c2c1. The highest BCUT2D eigenvalue weighted by molar-refractivity contribution is 9.10. The Hall–Kier alpha value is -3.29. The Balaban J connectivity index is 1.55. The summed E-state index contributed by atoms with van der Waals surface area (Å²) in [6.45, 7) is 0. The number of nitrogens with one attached hydrogen (secondary N) is 2. The Morgan fingerprint density at radius 3 is 2.70 bits per heavy atom. The van der Waals surface area contributed by atoms with Crippen LogP contribution in [0.4, 0.5) is 17.2 Å². The average molecular weight is 481 g/mol. The fourth-order valence-corrected chi connectivity index (χ4v) is 3.35. The van der Waals surface area contributed by atoms with E-state index >= 15 is 0 Å². The first-order valence-electron chi connectivity index (χ1n) is 8.96. The predicted molar refractivity (Wildman–Crippen MR) is 124 cm³/mol. The van der Waals surface area contributed by atoms with Gasteiger partial charge in [0, 0.05) is 27.9 Å². The molecule has 0 aliphatic heterocycles. The Labute approximate surface area is 186 Å². The maximum absolute atomic E-state index is 12.3. The third-order valence-corrected chi connectivity index (χ3v) is 4.81. The van der Waals surface area contributed by atoms with E-state index in [0.29, 0.717) is 26.8 Å². The molecule has 1 amide bonds. The number of rotatable bonds is 5. The van der Waals surface area contributed by atoms with E-state index in [4.69, 9.17) is 11.6 Å². The molecule has 0 aliphatic carbocycles. The van der Waals surface area contributed by atoms with Crippen molar-refractivity contribution >= 4 is 67.6 Å². The van der Waals surface area contributed by atoms with Crippen molar-refractivity contribution in [1.82, 2.24) is 15.0 Å². The number of hydrogen-bond acceptors (Lipinski definition) is 5. The maximum Gasteiger partial charge on any atom is 0.248 e. The summed E-state index contributed by atoms with van der Waals surface area (Å²) in [6, 6.07) is 18.3. The first kappa shape index (κ1) is 20.0. The molecule has 8 heteroatoms. The van der Waals surface area contributed by atoms with E-state index < -0.39 is 0 Å². The van der Waals surface area contributed by atoms with Crippen molar-refractivity contribution in [2.45, 2.75) is 0 Å². The molecule has 0 saturated heterocycles. The number of aromatic nitrogens is 3. The molecule has 0 fully saturated rings. The van der Waals surface area contributed by atoms with Crippen LogP contribution >= 0.6 is 27.5 Å². The largest absolute Gasteiger partial charge is 0.340 e. The first-order chi connectivity index (χ1) is 14.6. The van der Waals surface area contributed by atoms with Gasteiger partial charge in [-0.1, -0.05) is 23.7 Å². The number of pyridine rings is 1. The van der Waals surface area contributed by atoms with Gasteiger partial charge in [-0.2, -0.15) is 0 Å². The quantitative estimate of drug-likeness (QED) is 0.277. The minimum absolute atomic E-state index is 0.266. The van der Waals surface area contributed by atoms with Gasteiger partial charge in [0.1, 0.15) is 16.7 Å². The molecule has 30 heavy (non-hydrogen) atoms. The van der Waals surface area contributed by atoms with E-state index in [2.05, 4.69) is 41.5 Å². The van der Waals surface area contributed by atoms with Crippen LogP contribution < -0.4 is 10.6 Å². The molecule has 0 unspecified atom stereocenters. The second kappa shape index (κ2) is 9.02. The van der Waals surface area contributed by atoms with E-state index in [1.807, 2.05) is 48.5 Å². The van der Waals surface area contributed by atoms with Gasteiger partial charge >= 0.3 is 0 Å². The molecule has 0 atom stereocenters. The van der Waals surface area contributed by atoms with Crippen LogP contribution in [0.2, 0.25) is 5.02 Å². The van der Waals surface area contributed by atoms with Crippen LogP contribution in [-0.4, -0.2) is 20.9 Å². The summed E-state index contributed by atoms with van der Waals surface area (Å²) in [6.07, 6.45) is 4.57. The van der Waals surface area contributed by atoms with Gasteiger partial charge in [-0.25, -0.2) is 15.0 Å². The number of nitrogens with zero attached hydrogens (tertiary/aromatic N) is 3. The highest BCUT2D eigenvalue weighted by atomic mass is 79.9. The second-order valence-corrected chi connectivity index (χ2v) is 7.55. The van der Waals surface area contributed by atoms with Gasteiger partial charge in [0.2, 0.25) is 5.91 Å². The van der Waals surface area contributed by atoms with Gasteiger partial charge in [-0.05, 0) is 70.5 Å². The Bertz CT molecular complexity index is 1260. The average Bonchev–Trinajstić information content (AvgIpc) is 2.73. The molecule has 2 heterocycles. The lowest BCUT2D eigenvalue weighted by atomic mass is 10.2. The van der Waals surface area contributed by atoms with E-state index in [9.17, 15) is 4.79 Å². The topological polar surface area (TPSA) is 79.8 Å². The van der Waals surface area contributed by atoms with Gasteiger partial charge in [0.05, 0.1) is 11.2 Å². The zero-order valence-electron chi connectivity index (χ0n) is 15.5.